The minimum Gasteiger partial charge on any atom is -0.391 e. The Balaban J connectivity index is 2.32. The van der Waals surface area contributed by atoms with E-state index in [1.54, 1.807) is 22.0 Å². The van der Waals surface area contributed by atoms with E-state index in [1.807, 2.05) is 29.8 Å². The molecule has 0 fully saturated rings. The summed E-state index contributed by atoms with van der Waals surface area (Å²) in [6, 6.07) is 5.78. The fraction of sp³-hybridized carbons (Fsp3) is 0.0909. The van der Waals surface area contributed by atoms with Gasteiger partial charge < -0.3 is 5.11 Å². The zero-order valence-electron chi connectivity index (χ0n) is 8.37. The molecule has 0 aliphatic heterocycles. The Bertz CT molecular complexity index is 615. The molecule has 0 amide bonds. The van der Waals surface area contributed by atoms with Crippen molar-refractivity contribution >= 4 is 17.0 Å². The standard InChI is InChI=1S/C11H9N3OS/c15-7-8-10(9-3-1-6-16-9)13-14-5-2-4-12-11(8)14/h1-6,15H,7H2. The molecule has 0 radical (unpaired) electrons. The molecular formula is C11H9N3OS. The molecule has 0 aliphatic rings. The molecule has 80 valence electrons. The second kappa shape index (κ2) is 3.70. The molecule has 3 aromatic heterocycles. The van der Waals surface area contributed by atoms with Gasteiger partial charge in [0.25, 0.3) is 0 Å². The summed E-state index contributed by atoms with van der Waals surface area (Å²) in [6.07, 6.45) is 3.53. The van der Waals surface area contributed by atoms with E-state index in [0.717, 1.165) is 16.1 Å². The summed E-state index contributed by atoms with van der Waals surface area (Å²) in [4.78, 5) is 5.28. The number of aromatic nitrogens is 3. The number of hydrogen-bond acceptors (Lipinski definition) is 4. The summed E-state index contributed by atoms with van der Waals surface area (Å²) in [5.41, 5.74) is 2.31. The van der Waals surface area contributed by atoms with Crippen LogP contribution in [0.25, 0.3) is 16.2 Å². The van der Waals surface area contributed by atoms with Crippen LogP contribution in [-0.4, -0.2) is 19.7 Å². The molecule has 3 heterocycles. The van der Waals surface area contributed by atoms with Crippen molar-refractivity contribution in [2.45, 2.75) is 6.61 Å². The van der Waals surface area contributed by atoms with Gasteiger partial charge in [0, 0.05) is 12.4 Å². The number of nitrogens with zero attached hydrogens (tertiary/aromatic N) is 3. The number of aliphatic hydroxyl groups is 1. The van der Waals surface area contributed by atoms with Gasteiger partial charge in [0.05, 0.1) is 17.0 Å². The third-order valence-electron chi connectivity index (χ3n) is 2.40. The van der Waals surface area contributed by atoms with Gasteiger partial charge in [0.1, 0.15) is 5.69 Å². The van der Waals surface area contributed by atoms with Gasteiger partial charge in [-0.2, -0.15) is 5.10 Å². The maximum Gasteiger partial charge on any atom is 0.161 e. The summed E-state index contributed by atoms with van der Waals surface area (Å²) >= 11 is 1.61. The van der Waals surface area contributed by atoms with Crippen LogP contribution in [-0.2, 0) is 6.61 Å². The lowest BCUT2D eigenvalue weighted by molar-refractivity contribution is 0.283. The van der Waals surface area contributed by atoms with Gasteiger partial charge in [-0.05, 0) is 17.5 Å². The molecule has 3 rings (SSSR count). The second-order valence-corrected chi connectivity index (χ2v) is 4.30. The van der Waals surface area contributed by atoms with Crippen molar-refractivity contribution in [3.63, 3.8) is 0 Å². The van der Waals surface area contributed by atoms with Crippen LogP contribution >= 0.6 is 11.3 Å². The predicted molar refractivity (Wildman–Crippen MR) is 62.2 cm³/mol. The van der Waals surface area contributed by atoms with Gasteiger partial charge in [0.15, 0.2) is 5.65 Å². The Morgan fingerprint density at radius 1 is 1.38 bits per heavy atom. The van der Waals surface area contributed by atoms with Crippen molar-refractivity contribution in [2.24, 2.45) is 0 Å². The molecule has 0 unspecified atom stereocenters. The van der Waals surface area contributed by atoms with E-state index < -0.39 is 0 Å². The zero-order valence-corrected chi connectivity index (χ0v) is 9.18. The molecule has 4 nitrogen and oxygen atoms in total. The topological polar surface area (TPSA) is 50.4 Å². The van der Waals surface area contributed by atoms with Crippen molar-refractivity contribution in [2.75, 3.05) is 0 Å². The Morgan fingerprint density at radius 2 is 2.31 bits per heavy atom. The van der Waals surface area contributed by atoms with E-state index in [4.69, 9.17) is 0 Å². The fourth-order valence-electron chi connectivity index (χ4n) is 1.69. The summed E-state index contributed by atoms with van der Waals surface area (Å²) in [5, 5.41) is 15.8. The highest BCUT2D eigenvalue weighted by Gasteiger charge is 2.14. The van der Waals surface area contributed by atoms with Crippen molar-refractivity contribution in [1.29, 1.82) is 0 Å². The number of aliphatic hydroxyl groups excluding tert-OH is 1. The van der Waals surface area contributed by atoms with Crippen LogP contribution in [0.3, 0.4) is 0 Å². The molecular weight excluding hydrogens is 222 g/mol. The van der Waals surface area contributed by atoms with Gasteiger partial charge in [-0.1, -0.05) is 6.07 Å². The van der Waals surface area contributed by atoms with E-state index in [-0.39, 0.29) is 6.61 Å². The summed E-state index contributed by atoms with van der Waals surface area (Å²) in [7, 11) is 0. The number of rotatable bonds is 2. The molecule has 1 N–H and O–H groups in total. The average Bonchev–Trinajstić information content (AvgIpc) is 2.95. The van der Waals surface area contributed by atoms with Crippen LogP contribution in [0.4, 0.5) is 0 Å². The Hall–Kier alpha value is -1.72. The van der Waals surface area contributed by atoms with Gasteiger partial charge >= 0.3 is 0 Å². The maximum atomic E-state index is 9.42. The molecule has 0 spiro atoms. The zero-order chi connectivity index (χ0) is 11.0. The van der Waals surface area contributed by atoms with E-state index in [2.05, 4.69) is 10.1 Å². The van der Waals surface area contributed by atoms with Gasteiger partial charge in [-0.25, -0.2) is 9.50 Å². The minimum atomic E-state index is -0.0479. The van der Waals surface area contributed by atoms with E-state index in [1.165, 1.54) is 0 Å². The third-order valence-corrected chi connectivity index (χ3v) is 3.28. The molecule has 0 aromatic carbocycles. The molecule has 5 heteroatoms. The quantitative estimate of drug-likeness (QED) is 0.733. The number of thiophene rings is 1. The van der Waals surface area contributed by atoms with E-state index in [9.17, 15) is 5.11 Å². The van der Waals surface area contributed by atoms with Crippen LogP contribution < -0.4 is 0 Å². The lowest BCUT2D eigenvalue weighted by Crippen LogP contribution is -1.89. The van der Waals surface area contributed by atoms with Crippen LogP contribution in [0.5, 0.6) is 0 Å². The van der Waals surface area contributed by atoms with Crippen LogP contribution in [0, 0.1) is 0 Å². The highest BCUT2D eigenvalue weighted by molar-refractivity contribution is 7.13. The summed E-state index contributed by atoms with van der Waals surface area (Å²) < 4.78 is 1.70. The first-order chi connectivity index (χ1) is 7.90. The molecule has 3 aromatic rings. The Kier molecular flexibility index (Phi) is 2.19. The maximum absolute atomic E-state index is 9.42. The van der Waals surface area contributed by atoms with Gasteiger partial charge in [-0.15, -0.1) is 11.3 Å². The van der Waals surface area contributed by atoms with Crippen LogP contribution in [0.15, 0.2) is 36.0 Å². The first-order valence-electron chi connectivity index (χ1n) is 4.87. The Morgan fingerprint density at radius 3 is 3.06 bits per heavy atom. The fourth-order valence-corrected chi connectivity index (χ4v) is 2.43. The average molecular weight is 231 g/mol. The van der Waals surface area contributed by atoms with E-state index >= 15 is 0 Å². The van der Waals surface area contributed by atoms with Crippen LogP contribution in [0.2, 0.25) is 0 Å². The third kappa shape index (κ3) is 1.33. The molecule has 0 aliphatic carbocycles. The first-order valence-corrected chi connectivity index (χ1v) is 5.75. The summed E-state index contributed by atoms with van der Waals surface area (Å²) in [5.74, 6) is 0. The SMILES string of the molecule is OCc1c(-c2cccs2)nn2cccnc12. The largest absolute Gasteiger partial charge is 0.391 e. The highest BCUT2D eigenvalue weighted by atomic mass is 32.1. The lowest BCUT2D eigenvalue weighted by Gasteiger charge is -1.94. The van der Waals surface area contributed by atoms with Crippen molar-refractivity contribution in [1.82, 2.24) is 14.6 Å². The highest BCUT2D eigenvalue weighted by Crippen LogP contribution is 2.28. The molecule has 0 saturated heterocycles. The molecule has 0 bridgehead atoms. The predicted octanol–water partition coefficient (Wildman–Crippen LogP) is 1.95. The normalized spacial score (nSPS) is 11.1. The van der Waals surface area contributed by atoms with E-state index in [0.29, 0.717) is 5.65 Å². The number of hydrogen-bond donors (Lipinski definition) is 1. The van der Waals surface area contributed by atoms with Gasteiger partial charge in [0.2, 0.25) is 0 Å². The summed E-state index contributed by atoms with van der Waals surface area (Å²) in [6.45, 7) is -0.0479. The molecule has 0 atom stereocenters. The first kappa shape index (κ1) is 9.50. The lowest BCUT2D eigenvalue weighted by atomic mass is 10.2. The monoisotopic (exact) mass is 231 g/mol. The van der Waals surface area contributed by atoms with Crippen molar-refractivity contribution in [3.05, 3.63) is 41.5 Å². The number of fused-ring (bicyclic) bond motifs is 1. The second-order valence-electron chi connectivity index (χ2n) is 3.35. The Labute approximate surface area is 95.8 Å². The van der Waals surface area contributed by atoms with Crippen molar-refractivity contribution in [3.8, 4) is 10.6 Å². The smallest absolute Gasteiger partial charge is 0.161 e. The van der Waals surface area contributed by atoms with Crippen LogP contribution in [0.1, 0.15) is 5.56 Å². The van der Waals surface area contributed by atoms with Crippen molar-refractivity contribution < 1.29 is 5.11 Å². The molecule has 0 saturated carbocycles. The molecule has 16 heavy (non-hydrogen) atoms. The van der Waals surface area contributed by atoms with Gasteiger partial charge in [-0.3, -0.25) is 0 Å². The minimum absolute atomic E-state index is 0.0479.